The highest BCUT2D eigenvalue weighted by Crippen LogP contribution is 2.24. The molecule has 0 aliphatic rings. The Labute approximate surface area is 155 Å². The summed E-state index contributed by atoms with van der Waals surface area (Å²) < 4.78 is 28.5. The maximum atomic E-state index is 12.1. The van der Waals surface area contributed by atoms with Crippen LogP contribution in [0.4, 0.5) is 0 Å². The van der Waals surface area contributed by atoms with Gasteiger partial charge in [-0.25, -0.2) is 8.42 Å². The van der Waals surface area contributed by atoms with Gasteiger partial charge < -0.3 is 10.1 Å². The molecular formula is C20H25NO4S. The molecule has 1 N–H and O–H groups in total. The number of carbonyl (C=O) groups excluding carboxylic acids is 1. The Morgan fingerprint density at radius 1 is 1.00 bits per heavy atom. The number of ether oxygens (including phenoxy) is 1. The van der Waals surface area contributed by atoms with Crippen molar-refractivity contribution in [1.29, 1.82) is 0 Å². The van der Waals surface area contributed by atoms with Gasteiger partial charge in [0.25, 0.3) is 5.91 Å². The molecule has 0 saturated carbocycles. The molecule has 0 bridgehead atoms. The van der Waals surface area contributed by atoms with E-state index in [1.54, 1.807) is 0 Å². The van der Waals surface area contributed by atoms with E-state index in [2.05, 4.69) is 26.1 Å². The molecule has 0 radical (unpaired) electrons. The van der Waals surface area contributed by atoms with Gasteiger partial charge in [-0.3, -0.25) is 4.79 Å². The van der Waals surface area contributed by atoms with Crippen LogP contribution in [-0.4, -0.2) is 33.7 Å². The summed E-state index contributed by atoms with van der Waals surface area (Å²) in [6, 6.07) is 13.8. The van der Waals surface area contributed by atoms with Crippen LogP contribution in [0.2, 0.25) is 0 Å². The number of hydrogen-bond donors (Lipinski definition) is 1. The van der Waals surface area contributed by atoms with Crippen molar-refractivity contribution in [2.45, 2.75) is 31.1 Å². The van der Waals surface area contributed by atoms with Gasteiger partial charge in [-0.05, 0) is 47.4 Å². The highest BCUT2D eigenvalue weighted by Gasteiger charge is 2.13. The predicted octanol–water partition coefficient (Wildman–Crippen LogP) is 3.20. The normalized spacial score (nSPS) is 11.8. The molecule has 2 aromatic rings. The second-order valence-electron chi connectivity index (χ2n) is 7.18. The lowest BCUT2D eigenvalue weighted by Crippen LogP contribution is -2.28. The SMILES string of the molecule is CC(C)(C)c1ccc(OCCNC(=O)c2ccc(S(C)(=O)=O)cc2)cc1. The minimum atomic E-state index is -3.26. The molecule has 5 nitrogen and oxygen atoms in total. The number of sulfone groups is 1. The van der Waals surface area contributed by atoms with Crippen LogP contribution in [0, 0.1) is 0 Å². The molecule has 0 heterocycles. The average molecular weight is 375 g/mol. The highest BCUT2D eigenvalue weighted by atomic mass is 32.2. The van der Waals surface area contributed by atoms with Gasteiger partial charge in [0.15, 0.2) is 9.84 Å². The van der Waals surface area contributed by atoms with Crippen LogP contribution >= 0.6 is 0 Å². The molecule has 0 aliphatic carbocycles. The van der Waals surface area contributed by atoms with Gasteiger partial charge in [0.2, 0.25) is 0 Å². The lowest BCUT2D eigenvalue weighted by atomic mass is 9.87. The number of benzene rings is 2. The third-order valence-corrected chi connectivity index (χ3v) is 5.05. The van der Waals surface area contributed by atoms with Gasteiger partial charge in [-0.15, -0.1) is 0 Å². The molecule has 0 saturated heterocycles. The average Bonchev–Trinajstić information content (AvgIpc) is 2.57. The lowest BCUT2D eigenvalue weighted by molar-refractivity contribution is 0.0947. The standard InChI is InChI=1S/C20H25NO4S/c1-20(2,3)16-7-9-17(10-8-16)25-14-13-21-19(22)15-5-11-18(12-6-15)26(4,23)24/h5-12H,13-14H2,1-4H3,(H,21,22). The Bertz CT molecular complexity index is 848. The first kappa shape index (κ1) is 20.0. The van der Waals surface area contributed by atoms with Crippen LogP contribution in [0.25, 0.3) is 0 Å². The molecule has 1 amide bonds. The molecule has 0 aliphatic heterocycles. The Morgan fingerprint density at radius 3 is 2.08 bits per heavy atom. The van der Waals surface area contributed by atoms with Crippen LogP contribution in [0.1, 0.15) is 36.7 Å². The fourth-order valence-electron chi connectivity index (χ4n) is 2.34. The largest absolute Gasteiger partial charge is 0.492 e. The van der Waals surface area contributed by atoms with E-state index >= 15 is 0 Å². The smallest absolute Gasteiger partial charge is 0.251 e. The van der Waals surface area contributed by atoms with Gasteiger partial charge in [0.1, 0.15) is 12.4 Å². The molecule has 0 fully saturated rings. The summed E-state index contributed by atoms with van der Waals surface area (Å²) in [5.41, 5.74) is 1.74. The quantitative estimate of drug-likeness (QED) is 0.787. The molecule has 0 spiro atoms. The summed E-state index contributed by atoms with van der Waals surface area (Å²) in [5, 5.41) is 2.75. The van der Waals surface area contributed by atoms with Crippen LogP contribution < -0.4 is 10.1 Å². The van der Waals surface area contributed by atoms with Crippen molar-refractivity contribution in [1.82, 2.24) is 5.32 Å². The van der Waals surface area contributed by atoms with Gasteiger partial charge in [0, 0.05) is 11.8 Å². The summed E-state index contributed by atoms with van der Waals surface area (Å²) in [6.07, 6.45) is 1.13. The molecule has 140 valence electrons. The van der Waals surface area contributed by atoms with E-state index in [9.17, 15) is 13.2 Å². The predicted molar refractivity (Wildman–Crippen MR) is 103 cm³/mol. The van der Waals surface area contributed by atoms with E-state index in [0.29, 0.717) is 18.7 Å². The van der Waals surface area contributed by atoms with Crippen molar-refractivity contribution in [3.05, 3.63) is 59.7 Å². The first-order chi connectivity index (χ1) is 12.1. The van der Waals surface area contributed by atoms with E-state index in [4.69, 9.17) is 4.74 Å². The zero-order chi connectivity index (χ0) is 19.4. The van der Waals surface area contributed by atoms with Gasteiger partial charge in [0.05, 0.1) is 11.4 Å². The summed E-state index contributed by atoms with van der Waals surface area (Å²) in [7, 11) is -3.26. The fraction of sp³-hybridized carbons (Fsp3) is 0.350. The number of rotatable bonds is 6. The molecule has 2 aromatic carbocycles. The van der Waals surface area contributed by atoms with E-state index in [-0.39, 0.29) is 16.2 Å². The third kappa shape index (κ3) is 5.59. The van der Waals surface area contributed by atoms with Crippen molar-refractivity contribution in [3.8, 4) is 5.75 Å². The maximum Gasteiger partial charge on any atom is 0.251 e. The second-order valence-corrected chi connectivity index (χ2v) is 9.19. The molecule has 26 heavy (non-hydrogen) atoms. The zero-order valence-electron chi connectivity index (χ0n) is 15.6. The Morgan fingerprint density at radius 2 is 1.58 bits per heavy atom. The number of nitrogens with one attached hydrogen (secondary N) is 1. The molecule has 0 unspecified atom stereocenters. The summed E-state index contributed by atoms with van der Waals surface area (Å²) >= 11 is 0. The monoisotopic (exact) mass is 375 g/mol. The number of carbonyl (C=O) groups is 1. The Kier molecular flexibility index (Phi) is 6.08. The lowest BCUT2D eigenvalue weighted by Gasteiger charge is -2.19. The first-order valence-corrected chi connectivity index (χ1v) is 10.3. The second kappa shape index (κ2) is 7.91. The molecule has 0 atom stereocenters. The summed E-state index contributed by atoms with van der Waals surface area (Å²) in [6.45, 7) is 7.16. The van der Waals surface area contributed by atoms with Crippen molar-refractivity contribution < 1.29 is 17.9 Å². The van der Waals surface area contributed by atoms with Crippen LogP contribution in [0.5, 0.6) is 5.75 Å². The molecule has 0 aromatic heterocycles. The number of hydrogen-bond acceptors (Lipinski definition) is 4. The minimum Gasteiger partial charge on any atom is -0.492 e. The zero-order valence-corrected chi connectivity index (χ0v) is 16.4. The van der Waals surface area contributed by atoms with Gasteiger partial charge in [-0.2, -0.15) is 0 Å². The number of amides is 1. The van der Waals surface area contributed by atoms with Gasteiger partial charge in [-0.1, -0.05) is 32.9 Å². The van der Waals surface area contributed by atoms with E-state index < -0.39 is 9.84 Å². The Hall–Kier alpha value is -2.34. The molecule has 2 rings (SSSR count). The van der Waals surface area contributed by atoms with Crippen molar-refractivity contribution in [3.63, 3.8) is 0 Å². The van der Waals surface area contributed by atoms with Crippen LogP contribution in [-0.2, 0) is 15.3 Å². The van der Waals surface area contributed by atoms with Crippen molar-refractivity contribution in [2.24, 2.45) is 0 Å². The summed E-state index contributed by atoms with van der Waals surface area (Å²) in [5.74, 6) is 0.487. The Balaban J connectivity index is 1.81. The van der Waals surface area contributed by atoms with E-state index in [1.165, 1.54) is 29.8 Å². The van der Waals surface area contributed by atoms with Crippen molar-refractivity contribution >= 4 is 15.7 Å². The van der Waals surface area contributed by atoms with E-state index in [1.807, 2.05) is 24.3 Å². The van der Waals surface area contributed by atoms with Crippen LogP contribution in [0.15, 0.2) is 53.4 Å². The molecular weight excluding hydrogens is 350 g/mol. The third-order valence-electron chi connectivity index (χ3n) is 3.92. The van der Waals surface area contributed by atoms with Crippen LogP contribution in [0.3, 0.4) is 0 Å². The van der Waals surface area contributed by atoms with Gasteiger partial charge >= 0.3 is 0 Å². The topological polar surface area (TPSA) is 72.5 Å². The highest BCUT2D eigenvalue weighted by molar-refractivity contribution is 7.90. The van der Waals surface area contributed by atoms with E-state index in [0.717, 1.165) is 12.0 Å². The molecule has 6 heteroatoms. The van der Waals surface area contributed by atoms with Crippen molar-refractivity contribution in [2.75, 3.05) is 19.4 Å². The first-order valence-electron chi connectivity index (χ1n) is 8.39. The fourth-order valence-corrected chi connectivity index (χ4v) is 2.97. The summed E-state index contributed by atoms with van der Waals surface area (Å²) in [4.78, 5) is 12.2. The maximum absolute atomic E-state index is 12.1. The minimum absolute atomic E-state index is 0.0964.